The van der Waals surface area contributed by atoms with Crippen LogP contribution < -0.4 is 133 Å². The van der Waals surface area contributed by atoms with Gasteiger partial charge in [0.25, 0.3) is 133 Å². The van der Waals surface area contributed by atoms with Gasteiger partial charge in [0.2, 0.25) is 0 Å². The quantitative estimate of drug-likeness (QED) is 0.101. The standard InChI is InChI=1S/C30H15N3O6.C21H21N3O6.C18H15N3O9.C18H15N3O6/c34-25-19-20(26(35)31(25)16-10-4-1-5-11-16)22-24(30(39)33(28(22)37)18-14-8-3-9-15-18)23-21(19)27(36)32(29(23)38)17-12-6-2-7-13-17;1-4-7-22-16(25)10-11(17(22)26)13-15(21(30)24(9-6-3)19(13)28)14-12(10)18(27)23(8-5-2)20(14)29;1-28-4-19-13(22)7-8(14(19)23)10-12(18(27)21(6-30-3)16(10)25)11-9(7)15(24)20(5-29-2)17(11)26;1-4-19-13(22)7-8(14(19)23)10-12(18(27)21(6-3)16(10)25)11-9(7)15(24)20(5-2)17(11)26/h1-15H;4-9H2,1-3H3;4-6H2,1-3H3;4-6H2,1-3H3. The zero-order valence-corrected chi connectivity index (χ0v) is 68.0. The second kappa shape index (κ2) is 30.9. The molecule has 7 aromatic carbocycles. The lowest BCUT2D eigenvalue weighted by molar-refractivity contribution is 0.127. The summed E-state index contributed by atoms with van der Waals surface area (Å²) in [6, 6.07) is 24.1. The fourth-order valence-corrected chi connectivity index (χ4v) is 17.7. The van der Waals surface area contributed by atoms with Crippen LogP contribution in [0.5, 0.6) is 0 Å². The molecule has 0 saturated heterocycles. The number of hydrogen-bond acceptors (Lipinski definition) is 27. The highest BCUT2D eigenvalue weighted by molar-refractivity contribution is 6.28. The lowest BCUT2D eigenvalue weighted by Crippen LogP contribution is -2.27. The number of para-hydroxylation sites is 3. The van der Waals surface area contributed by atoms with Crippen molar-refractivity contribution < 1.29 is 14.2 Å². The summed E-state index contributed by atoms with van der Waals surface area (Å²) >= 11 is 0. The summed E-state index contributed by atoms with van der Waals surface area (Å²) in [7, 11) is 3.76. The first kappa shape index (κ1) is 83.7. The molecule has 19 rings (SSSR count). The van der Waals surface area contributed by atoms with Crippen LogP contribution in [0, 0.1) is 0 Å². The lowest BCUT2D eigenvalue weighted by atomic mass is 10.0. The molecule has 0 N–H and O–H groups in total. The zero-order valence-electron chi connectivity index (χ0n) is 68.0. The number of ether oxygens (including phenoxy) is 3. The normalized spacial score (nSPS) is 12.0. The van der Waals surface area contributed by atoms with Gasteiger partial charge in [0.05, 0.1) is 146 Å². The van der Waals surface area contributed by atoms with E-state index in [4.69, 9.17) is 14.2 Å². The molecule has 0 radical (unpaired) electrons. The van der Waals surface area contributed by atoms with Crippen molar-refractivity contribution in [1.82, 2.24) is 54.8 Å². The van der Waals surface area contributed by atoms with Crippen molar-refractivity contribution in [3.63, 3.8) is 0 Å². The molecule has 0 aliphatic carbocycles. The van der Waals surface area contributed by atoms with E-state index in [0.29, 0.717) is 33.0 Å². The molecule has 0 aliphatic heterocycles. The van der Waals surface area contributed by atoms with Gasteiger partial charge in [-0.25, -0.2) is 27.4 Å². The first-order chi connectivity index (χ1) is 60.3. The molecule has 0 unspecified atom stereocenters. The van der Waals surface area contributed by atoms with Crippen LogP contribution in [-0.4, -0.2) is 76.1 Å². The van der Waals surface area contributed by atoms with Gasteiger partial charge in [-0.3, -0.25) is 142 Å². The van der Waals surface area contributed by atoms with Crippen LogP contribution in [-0.2, 0) is 73.7 Å². The Hall–Kier alpha value is -15.9. The molecule has 0 spiro atoms. The van der Waals surface area contributed by atoms with Crippen LogP contribution in [0.25, 0.3) is 146 Å². The number of hydrogen-bond donors (Lipinski definition) is 0. The fraction of sp³-hybridized carbons (Fsp3) is 0.241. The van der Waals surface area contributed by atoms with Crippen molar-refractivity contribution in [3.8, 4) is 17.1 Å². The molecule has 0 amide bonds. The second-order valence-electron chi connectivity index (χ2n) is 29.6. The number of benzene rings is 7. The maximum atomic E-state index is 13.8. The molecule has 636 valence electrons. The molecule has 0 bridgehead atoms. The third-order valence-electron chi connectivity index (χ3n) is 22.9. The van der Waals surface area contributed by atoms with Gasteiger partial charge in [0, 0.05) is 60.6 Å². The highest BCUT2D eigenvalue weighted by Gasteiger charge is 2.37. The molecule has 19 aromatic rings. The Morgan fingerprint density at radius 2 is 0.302 bits per heavy atom. The lowest BCUT2D eigenvalue weighted by Gasteiger charge is -1.98. The number of fused-ring (bicyclic) bond motifs is 24. The average molecular weight is 1710 g/mol. The minimum Gasteiger partial charge on any atom is -0.364 e. The van der Waals surface area contributed by atoms with Gasteiger partial charge < -0.3 is 14.2 Å². The topological polar surface area (TPSA) is 497 Å². The summed E-state index contributed by atoms with van der Waals surface area (Å²) < 4.78 is 24.9. The van der Waals surface area contributed by atoms with Crippen molar-refractivity contribution >= 4 is 129 Å². The molecular weight excluding hydrogens is 1650 g/mol. The SMILES string of the molecule is CCCn1c(=O)c2c3c(=O)n(CCC)c(=O)c3c3c(=O)n(CCC)c(=O)c3c2c1=O.CCn1c(=O)c2c3c(=O)n(CC)c(=O)c3c3c(=O)n(CC)c(=O)c3c2c1=O.COCn1c(=O)c2c3c(=O)n(COC)c(=O)c3c3c(=O)n(COC)c(=O)c3c2c1=O.O=c1c2c3c(=O)n(-c4ccccc4)c(=O)c3c3c(=O)n(-c4ccccc4)c(=O)c3c2c(=O)n1-c1ccccc1. The van der Waals surface area contributed by atoms with Gasteiger partial charge in [0.1, 0.15) is 20.2 Å². The van der Waals surface area contributed by atoms with E-state index in [2.05, 4.69) is 0 Å². The monoisotopic (exact) mass is 1710 g/mol. The van der Waals surface area contributed by atoms with Crippen molar-refractivity contribution in [2.24, 2.45) is 0 Å². The van der Waals surface area contributed by atoms with Gasteiger partial charge in [-0.1, -0.05) is 75.4 Å². The Morgan fingerprint density at radius 1 is 0.175 bits per heavy atom. The highest BCUT2D eigenvalue weighted by Crippen LogP contribution is 2.32. The summed E-state index contributed by atoms with van der Waals surface area (Å²) in [4.78, 5) is 316. The van der Waals surface area contributed by atoms with Gasteiger partial charge in [0.15, 0.2) is 0 Å². The molecular formula is C87H66N12O27. The molecule has 0 aliphatic rings. The molecule has 126 heavy (non-hydrogen) atoms. The van der Waals surface area contributed by atoms with Crippen LogP contribution in [0.1, 0.15) is 60.8 Å². The van der Waals surface area contributed by atoms with Crippen LogP contribution in [0.4, 0.5) is 0 Å². The summed E-state index contributed by atoms with van der Waals surface area (Å²) in [5.41, 5.74) is -18.5. The first-order valence-corrected chi connectivity index (χ1v) is 39.3. The Bertz CT molecular complexity index is 7810. The third-order valence-corrected chi connectivity index (χ3v) is 22.9. The first-order valence-electron chi connectivity index (χ1n) is 39.3. The second-order valence-corrected chi connectivity index (χ2v) is 29.6. The van der Waals surface area contributed by atoms with E-state index >= 15 is 0 Å². The minimum atomic E-state index is -0.901. The maximum absolute atomic E-state index is 13.8. The summed E-state index contributed by atoms with van der Waals surface area (Å²) in [6.45, 7) is 9.22. The van der Waals surface area contributed by atoms with E-state index in [9.17, 15) is 115 Å². The van der Waals surface area contributed by atoms with E-state index in [0.717, 1.165) is 41.1 Å². The number of methoxy groups -OCH3 is 3. The largest absolute Gasteiger partial charge is 0.364 e. The van der Waals surface area contributed by atoms with E-state index in [1.54, 1.807) is 96.1 Å². The number of rotatable bonds is 18. The van der Waals surface area contributed by atoms with Gasteiger partial charge in [-0.05, 0) is 76.4 Å². The molecule has 0 fully saturated rings. The third kappa shape index (κ3) is 11.2. The highest BCUT2D eigenvalue weighted by atomic mass is 16.5. The molecule has 12 heterocycles. The molecule has 0 atom stereocenters. The minimum absolute atomic E-state index is 0.0369. The molecule has 12 aromatic heterocycles. The van der Waals surface area contributed by atoms with Gasteiger partial charge >= 0.3 is 0 Å². The molecule has 39 heteroatoms. The summed E-state index contributed by atoms with van der Waals surface area (Å²) in [5.74, 6) is 0. The summed E-state index contributed by atoms with van der Waals surface area (Å²) in [5, 5.41) is -7.35. The van der Waals surface area contributed by atoms with Crippen LogP contribution in [0.3, 0.4) is 0 Å². The molecule has 0 saturated carbocycles. The van der Waals surface area contributed by atoms with Crippen molar-refractivity contribution in [2.45, 2.75) is 120 Å². The fourth-order valence-electron chi connectivity index (χ4n) is 17.7. The molecule has 39 nitrogen and oxygen atoms in total. The van der Waals surface area contributed by atoms with E-state index in [1.807, 2.05) is 0 Å². The maximum Gasteiger partial charge on any atom is 0.267 e. The number of aromatic nitrogens is 12. The van der Waals surface area contributed by atoms with Crippen molar-refractivity contribution in [1.29, 1.82) is 0 Å². The summed E-state index contributed by atoms with van der Waals surface area (Å²) in [6.07, 6.45) is 1.46. The van der Waals surface area contributed by atoms with Crippen LogP contribution in [0.2, 0.25) is 0 Å². The Morgan fingerprint density at radius 3 is 0.429 bits per heavy atom. The Kier molecular flexibility index (Phi) is 20.5. The Labute approximate surface area is 693 Å². The van der Waals surface area contributed by atoms with E-state index in [-0.39, 0.29) is 153 Å². The van der Waals surface area contributed by atoms with Gasteiger partial charge in [-0.2, -0.15) is 0 Å². The average Bonchev–Trinajstić information content (AvgIpc) is 1.58. The zero-order chi connectivity index (χ0) is 90.6. The predicted octanol–water partition coefficient (Wildman–Crippen LogP) is -0.830. The van der Waals surface area contributed by atoms with Gasteiger partial charge in [-0.15, -0.1) is 0 Å². The van der Waals surface area contributed by atoms with Crippen molar-refractivity contribution in [3.05, 3.63) is 339 Å². The van der Waals surface area contributed by atoms with E-state index in [1.165, 1.54) is 57.7 Å². The van der Waals surface area contributed by atoms with Crippen molar-refractivity contribution in [2.75, 3.05) is 21.3 Å². The van der Waals surface area contributed by atoms with E-state index < -0.39 is 186 Å². The smallest absolute Gasteiger partial charge is 0.267 e. The number of nitrogens with zero attached hydrogens (tertiary/aromatic N) is 12. The van der Waals surface area contributed by atoms with Crippen LogP contribution in [0.15, 0.2) is 206 Å². The van der Waals surface area contributed by atoms with Crippen LogP contribution >= 0.6 is 0 Å². The Balaban J connectivity index is 0.000000125. The predicted molar refractivity (Wildman–Crippen MR) is 469 cm³/mol.